The van der Waals surface area contributed by atoms with E-state index in [0.717, 1.165) is 63.9 Å². The van der Waals surface area contributed by atoms with Gasteiger partial charge in [0.15, 0.2) is 11.2 Å². The zero-order valence-corrected chi connectivity index (χ0v) is 19.7. The Bertz CT molecular complexity index is 1860. The zero-order chi connectivity index (χ0) is 21.1. The number of hydrogen-bond donors (Lipinski definition) is 0. The monoisotopic (exact) mass is 538 g/mol. The molecular formula is C28H12Br2O2. The van der Waals surface area contributed by atoms with Gasteiger partial charge in [-0.25, -0.2) is 0 Å². The van der Waals surface area contributed by atoms with Gasteiger partial charge in [0.2, 0.25) is 0 Å². The summed E-state index contributed by atoms with van der Waals surface area (Å²) in [5.41, 5.74) is 5.67. The van der Waals surface area contributed by atoms with Crippen LogP contribution in [0.25, 0.3) is 76.5 Å². The van der Waals surface area contributed by atoms with E-state index in [9.17, 15) is 0 Å². The van der Waals surface area contributed by atoms with E-state index in [2.05, 4.69) is 105 Å². The smallest absolute Gasteiger partial charge is 0.150 e. The largest absolute Gasteiger partial charge is 0.455 e. The topological polar surface area (TPSA) is 26.3 Å². The lowest BCUT2D eigenvalue weighted by Crippen LogP contribution is -1.96. The molecule has 150 valence electrons. The number of fused-ring (bicyclic) bond motifs is 4. The van der Waals surface area contributed by atoms with Gasteiger partial charge in [0.05, 0.1) is 8.95 Å². The highest BCUT2D eigenvalue weighted by molar-refractivity contribution is 9.11. The fourth-order valence-electron chi connectivity index (χ4n) is 5.45. The fourth-order valence-corrected chi connectivity index (χ4v) is 6.70. The first kappa shape index (κ1) is 17.5. The predicted molar refractivity (Wildman–Crippen MR) is 139 cm³/mol. The molecule has 0 aromatic heterocycles. The van der Waals surface area contributed by atoms with Crippen LogP contribution in [0.2, 0.25) is 0 Å². The lowest BCUT2D eigenvalue weighted by Gasteiger charge is -2.22. The molecule has 0 saturated heterocycles. The van der Waals surface area contributed by atoms with E-state index in [1.54, 1.807) is 0 Å². The van der Waals surface area contributed by atoms with Gasteiger partial charge in [-0.3, -0.25) is 0 Å². The minimum absolute atomic E-state index is 0.856. The standard InChI is InChI=1S/C28H12Br2O2/c29-25-17-7-3-1-5-13(17)15-9-11-19-23-21(15)27(25)31-20-12-10-16-14-6-2-4-8-18(14)26(30)28(32-19)22(16)24(20)23/h1-12H. The summed E-state index contributed by atoms with van der Waals surface area (Å²) in [5.74, 6) is 0. The van der Waals surface area contributed by atoms with Crippen LogP contribution in [0.1, 0.15) is 0 Å². The second kappa shape index (κ2) is 5.83. The molecular weight excluding hydrogens is 528 g/mol. The van der Waals surface area contributed by atoms with Gasteiger partial charge in [-0.1, -0.05) is 48.5 Å². The van der Waals surface area contributed by atoms with Crippen LogP contribution in [0.5, 0.6) is 0 Å². The van der Waals surface area contributed by atoms with E-state index in [-0.39, 0.29) is 0 Å². The van der Waals surface area contributed by atoms with Crippen molar-refractivity contribution in [1.29, 1.82) is 0 Å². The first-order valence-electron chi connectivity index (χ1n) is 10.4. The Morgan fingerprint density at radius 2 is 0.844 bits per heavy atom. The molecule has 2 nitrogen and oxygen atoms in total. The molecule has 0 spiro atoms. The maximum Gasteiger partial charge on any atom is 0.150 e. The van der Waals surface area contributed by atoms with Crippen molar-refractivity contribution in [3.05, 3.63) is 81.7 Å². The van der Waals surface area contributed by atoms with Crippen LogP contribution in [0.3, 0.4) is 0 Å². The van der Waals surface area contributed by atoms with Gasteiger partial charge in [0.25, 0.3) is 0 Å². The van der Waals surface area contributed by atoms with Crippen LogP contribution in [0.15, 0.2) is 90.6 Å². The quantitative estimate of drug-likeness (QED) is 0.141. The van der Waals surface area contributed by atoms with Crippen molar-refractivity contribution in [2.75, 3.05) is 0 Å². The average molecular weight is 540 g/mol. The van der Waals surface area contributed by atoms with E-state index in [1.165, 1.54) is 21.5 Å². The second-order valence-electron chi connectivity index (χ2n) is 8.30. The van der Waals surface area contributed by atoms with Crippen LogP contribution in [-0.4, -0.2) is 0 Å². The van der Waals surface area contributed by atoms with Crippen molar-refractivity contribution in [3.8, 4) is 11.1 Å². The second-order valence-corrected chi connectivity index (χ2v) is 9.89. The van der Waals surface area contributed by atoms with E-state index >= 15 is 0 Å². The van der Waals surface area contributed by atoms with E-state index in [4.69, 9.17) is 8.83 Å². The highest BCUT2D eigenvalue weighted by Crippen LogP contribution is 2.53. The summed E-state index contributed by atoms with van der Waals surface area (Å²) in [5, 5.41) is 9.23. The van der Waals surface area contributed by atoms with Crippen molar-refractivity contribution < 1.29 is 8.83 Å². The molecule has 2 aliphatic rings. The molecule has 0 amide bonds. The van der Waals surface area contributed by atoms with E-state index in [0.29, 0.717) is 0 Å². The molecule has 0 bridgehead atoms. The molecule has 0 radical (unpaired) electrons. The van der Waals surface area contributed by atoms with Crippen LogP contribution < -0.4 is 0 Å². The Morgan fingerprint density at radius 3 is 1.28 bits per heavy atom. The van der Waals surface area contributed by atoms with Crippen molar-refractivity contribution in [1.82, 2.24) is 0 Å². The van der Waals surface area contributed by atoms with Crippen molar-refractivity contribution in [2.45, 2.75) is 0 Å². The van der Waals surface area contributed by atoms with Crippen molar-refractivity contribution in [2.24, 2.45) is 0 Å². The summed E-state index contributed by atoms with van der Waals surface area (Å²) in [4.78, 5) is 0. The zero-order valence-electron chi connectivity index (χ0n) is 16.5. The van der Waals surface area contributed by atoms with E-state index in [1.807, 2.05) is 0 Å². The molecule has 8 rings (SSSR count). The summed E-state index contributed by atoms with van der Waals surface area (Å²) in [6.45, 7) is 0. The lowest BCUT2D eigenvalue weighted by atomic mass is 9.87. The number of benzene rings is 6. The molecule has 32 heavy (non-hydrogen) atoms. The molecule has 6 aromatic carbocycles. The van der Waals surface area contributed by atoms with Crippen molar-refractivity contribution in [3.63, 3.8) is 0 Å². The minimum atomic E-state index is 0.856. The van der Waals surface area contributed by atoms with Crippen LogP contribution in [0, 0.1) is 0 Å². The molecule has 6 aromatic rings. The first-order chi connectivity index (χ1) is 15.7. The van der Waals surface area contributed by atoms with Gasteiger partial charge in [-0.2, -0.15) is 0 Å². The summed E-state index contributed by atoms with van der Waals surface area (Å²) >= 11 is 7.69. The molecule has 0 fully saturated rings. The molecule has 0 unspecified atom stereocenters. The predicted octanol–water partition coefficient (Wildman–Crippen LogP) is 9.86. The third kappa shape index (κ3) is 1.93. The first-order valence-corrected chi connectivity index (χ1v) is 12.0. The van der Waals surface area contributed by atoms with Gasteiger partial charge in [0, 0.05) is 32.7 Å². The number of rotatable bonds is 0. The molecule has 4 heteroatoms. The maximum atomic E-state index is 6.61. The summed E-state index contributed by atoms with van der Waals surface area (Å²) in [6.07, 6.45) is 0. The third-order valence-corrected chi connectivity index (χ3v) is 8.34. The molecule has 0 atom stereocenters. The van der Waals surface area contributed by atoms with Crippen LogP contribution >= 0.6 is 31.9 Å². The summed E-state index contributed by atoms with van der Waals surface area (Å²) < 4.78 is 15.2. The minimum Gasteiger partial charge on any atom is -0.455 e. The lowest BCUT2D eigenvalue weighted by molar-refractivity contribution is 0.645. The Labute approximate surface area is 198 Å². The highest BCUT2D eigenvalue weighted by Gasteiger charge is 2.28. The fraction of sp³-hybridized carbons (Fsp3) is 0. The molecule has 0 N–H and O–H groups in total. The Hall–Kier alpha value is -3.08. The molecule has 2 heterocycles. The summed E-state index contributed by atoms with van der Waals surface area (Å²) in [6, 6.07) is 25.4. The molecule has 0 aliphatic carbocycles. The normalized spacial score (nSPS) is 12.7. The number of hydrogen-bond acceptors (Lipinski definition) is 2. The van der Waals surface area contributed by atoms with Crippen LogP contribution in [0.4, 0.5) is 0 Å². The third-order valence-electron chi connectivity index (χ3n) is 6.77. The maximum absolute atomic E-state index is 6.61. The highest BCUT2D eigenvalue weighted by atomic mass is 79.9. The van der Waals surface area contributed by atoms with Gasteiger partial charge in [0.1, 0.15) is 11.2 Å². The van der Waals surface area contributed by atoms with Gasteiger partial charge < -0.3 is 8.83 Å². The Balaban J connectivity index is 1.76. The SMILES string of the molecule is Brc1c2ccccc2c2ccc3oc4c(Br)c5ccccc5c5ccc6oc1c2c3-c6c45. The van der Waals surface area contributed by atoms with E-state index < -0.39 is 0 Å². The molecule has 0 saturated carbocycles. The van der Waals surface area contributed by atoms with Crippen molar-refractivity contribution >= 4 is 97.3 Å². The Morgan fingerprint density at radius 1 is 0.438 bits per heavy atom. The van der Waals surface area contributed by atoms with Crippen LogP contribution in [-0.2, 0) is 0 Å². The number of halogens is 2. The molecule has 2 aliphatic heterocycles. The van der Waals surface area contributed by atoms with Gasteiger partial charge >= 0.3 is 0 Å². The summed E-state index contributed by atoms with van der Waals surface area (Å²) in [7, 11) is 0. The Kier molecular flexibility index (Phi) is 3.18. The van der Waals surface area contributed by atoms with Gasteiger partial charge in [-0.15, -0.1) is 0 Å². The van der Waals surface area contributed by atoms with Gasteiger partial charge in [-0.05, 0) is 77.7 Å². The average Bonchev–Trinajstić information content (AvgIpc) is 2.85.